The number of nitrogens with zero attached hydrogens (tertiary/aromatic N) is 2. The predicted octanol–water partition coefficient (Wildman–Crippen LogP) is 2.11. The highest BCUT2D eigenvalue weighted by Gasteiger charge is 2.51. The minimum atomic E-state index is -0.971. The molecule has 0 bridgehead atoms. The monoisotopic (exact) mass is 244 g/mol. The lowest BCUT2D eigenvalue weighted by Gasteiger charge is -2.26. The van der Waals surface area contributed by atoms with E-state index in [1.807, 2.05) is 6.92 Å². The molecule has 16 heavy (non-hydrogen) atoms. The van der Waals surface area contributed by atoms with Crippen molar-refractivity contribution in [3.63, 3.8) is 0 Å². The third kappa shape index (κ3) is 2.19. The number of urea groups is 1. The van der Waals surface area contributed by atoms with Gasteiger partial charge < -0.3 is 4.90 Å². The molecule has 0 aliphatic carbocycles. The maximum absolute atomic E-state index is 12.0. The van der Waals surface area contributed by atoms with Crippen LogP contribution in [0.1, 0.15) is 40.0 Å². The molecule has 1 fully saturated rings. The van der Waals surface area contributed by atoms with Crippen LogP contribution in [0.15, 0.2) is 0 Å². The molecule has 3 amide bonds. The van der Waals surface area contributed by atoms with E-state index in [4.69, 9.17) is 0 Å². The second-order valence-corrected chi connectivity index (χ2v) is 5.14. The van der Waals surface area contributed by atoms with E-state index in [0.717, 1.165) is 19.3 Å². The average molecular weight is 244 g/mol. The van der Waals surface area contributed by atoms with Crippen molar-refractivity contribution in [1.82, 2.24) is 9.80 Å². The fourth-order valence-electron chi connectivity index (χ4n) is 1.84. The van der Waals surface area contributed by atoms with Gasteiger partial charge in [0.15, 0.2) is 4.87 Å². The van der Waals surface area contributed by atoms with Gasteiger partial charge in [-0.25, -0.2) is 4.79 Å². The molecule has 1 aliphatic rings. The molecule has 4 nitrogen and oxygen atoms in total. The third-order valence-electron chi connectivity index (χ3n) is 2.82. The summed E-state index contributed by atoms with van der Waals surface area (Å²) in [4.78, 5) is 25.9. The highest BCUT2D eigenvalue weighted by Crippen LogP contribution is 2.31. The Morgan fingerprint density at radius 1 is 1.19 bits per heavy atom. The molecule has 0 spiro atoms. The molecular formula is C11H20N2O2S. The predicted molar refractivity (Wildman–Crippen MR) is 66.4 cm³/mol. The molecule has 0 aromatic rings. The number of hydrogen-bond acceptors (Lipinski definition) is 3. The molecule has 1 aliphatic heterocycles. The summed E-state index contributed by atoms with van der Waals surface area (Å²) in [5, 5.41) is 0. The van der Waals surface area contributed by atoms with Gasteiger partial charge in [0, 0.05) is 13.1 Å². The third-order valence-corrected chi connectivity index (χ3v) is 3.25. The minimum absolute atomic E-state index is 0.196. The lowest BCUT2D eigenvalue weighted by atomic mass is 10.2. The van der Waals surface area contributed by atoms with Gasteiger partial charge in [-0.1, -0.05) is 20.3 Å². The summed E-state index contributed by atoms with van der Waals surface area (Å²) >= 11 is 4.34. The lowest BCUT2D eigenvalue weighted by molar-refractivity contribution is -0.129. The quantitative estimate of drug-likeness (QED) is 0.594. The molecule has 0 N–H and O–H groups in total. The van der Waals surface area contributed by atoms with E-state index in [0.29, 0.717) is 13.1 Å². The van der Waals surface area contributed by atoms with Crippen LogP contribution in [-0.4, -0.2) is 39.7 Å². The van der Waals surface area contributed by atoms with Crippen LogP contribution < -0.4 is 0 Å². The van der Waals surface area contributed by atoms with Gasteiger partial charge >= 0.3 is 6.03 Å². The van der Waals surface area contributed by atoms with Gasteiger partial charge in [-0.05, 0) is 19.8 Å². The van der Waals surface area contributed by atoms with Crippen molar-refractivity contribution in [2.24, 2.45) is 0 Å². The molecule has 1 heterocycles. The minimum Gasteiger partial charge on any atom is -0.301 e. The molecule has 1 rings (SSSR count). The Morgan fingerprint density at radius 2 is 1.81 bits per heavy atom. The van der Waals surface area contributed by atoms with Crippen LogP contribution in [-0.2, 0) is 4.79 Å². The Labute approximate surface area is 102 Å². The first-order valence-electron chi connectivity index (χ1n) is 5.82. The number of hydrogen-bond donors (Lipinski definition) is 1. The molecule has 1 saturated heterocycles. The van der Waals surface area contributed by atoms with Crippen LogP contribution in [0.5, 0.6) is 0 Å². The second-order valence-electron chi connectivity index (χ2n) is 4.27. The van der Waals surface area contributed by atoms with Gasteiger partial charge in [-0.2, -0.15) is 0 Å². The summed E-state index contributed by atoms with van der Waals surface area (Å²) in [6.07, 6.45) is 2.67. The second kappa shape index (κ2) is 5.08. The van der Waals surface area contributed by atoms with Crippen LogP contribution in [0.4, 0.5) is 4.79 Å². The van der Waals surface area contributed by atoms with E-state index in [2.05, 4.69) is 19.6 Å². The number of rotatable bonds is 5. The zero-order valence-corrected chi connectivity index (χ0v) is 11.1. The zero-order chi connectivity index (χ0) is 12.3. The number of imide groups is 1. The van der Waals surface area contributed by atoms with Crippen molar-refractivity contribution in [3.05, 3.63) is 0 Å². The van der Waals surface area contributed by atoms with E-state index in [9.17, 15) is 9.59 Å². The molecule has 92 valence electrons. The van der Waals surface area contributed by atoms with Crippen molar-refractivity contribution < 1.29 is 9.59 Å². The highest BCUT2D eigenvalue weighted by molar-refractivity contribution is 7.82. The normalized spacial score (nSPS) is 25.8. The summed E-state index contributed by atoms with van der Waals surface area (Å²) in [6, 6.07) is -0.196. The fraction of sp³-hybridized carbons (Fsp3) is 0.818. The van der Waals surface area contributed by atoms with E-state index in [-0.39, 0.29) is 11.9 Å². The summed E-state index contributed by atoms with van der Waals surface area (Å²) in [6.45, 7) is 6.78. The van der Waals surface area contributed by atoms with E-state index >= 15 is 0 Å². The molecule has 1 atom stereocenters. The number of thiol groups is 1. The Morgan fingerprint density at radius 3 is 2.31 bits per heavy atom. The van der Waals surface area contributed by atoms with Crippen LogP contribution in [0.2, 0.25) is 0 Å². The Bertz CT molecular complexity index is 292. The van der Waals surface area contributed by atoms with Crippen molar-refractivity contribution in [1.29, 1.82) is 0 Å². The number of amides is 3. The largest absolute Gasteiger partial charge is 0.328 e. The summed E-state index contributed by atoms with van der Waals surface area (Å²) < 4.78 is 0. The number of carbonyl (C=O) groups is 2. The molecule has 1 unspecified atom stereocenters. The van der Waals surface area contributed by atoms with Gasteiger partial charge in [-0.15, -0.1) is 12.6 Å². The van der Waals surface area contributed by atoms with Gasteiger partial charge in [0.2, 0.25) is 0 Å². The van der Waals surface area contributed by atoms with Crippen LogP contribution in [0.25, 0.3) is 0 Å². The standard InChI is InChI=1S/C11H20N2O2S/c1-4-6-8-13-10(15)12(7-5-2)9(14)11(13,3)16/h16H,4-8H2,1-3H3. The fourth-order valence-corrected chi connectivity index (χ4v) is 2.15. The van der Waals surface area contributed by atoms with Gasteiger partial charge in [0.05, 0.1) is 0 Å². The number of carbonyl (C=O) groups excluding carboxylic acids is 2. The summed E-state index contributed by atoms with van der Waals surface area (Å²) in [7, 11) is 0. The SMILES string of the molecule is CCCCN1C(=O)N(CCC)C(=O)C1(C)S. The van der Waals surface area contributed by atoms with Gasteiger partial charge in [0.25, 0.3) is 5.91 Å². The molecular weight excluding hydrogens is 224 g/mol. The van der Waals surface area contributed by atoms with E-state index in [1.165, 1.54) is 4.90 Å². The Kier molecular flexibility index (Phi) is 4.24. The average Bonchev–Trinajstić information content (AvgIpc) is 2.38. The molecule has 0 aromatic heterocycles. The Balaban J connectivity index is 2.84. The molecule has 0 aromatic carbocycles. The maximum Gasteiger partial charge on any atom is 0.328 e. The first-order chi connectivity index (χ1) is 7.46. The van der Waals surface area contributed by atoms with Crippen LogP contribution >= 0.6 is 12.6 Å². The zero-order valence-electron chi connectivity index (χ0n) is 10.2. The van der Waals surface area contributed by atoms with E-state index < -0.39 is 4.87 Å². The van der Waals surface area contributed by atoms with Crippen LogP contribution in [0, 0.1) is 0 Å². The van der Waals surface area contributed by atoms with Crippen molar-refractivity contribution in [3.8, 4) is 0 Å². The first-order valence-corrected chi connectivity index (χ1v) is 6.27. The summed E-state index contributed by atoms with van der Waals surface area (Å²) in [5.41, 5.74) is 0. The topological polar surface area (TPSA) is 40.6 Å². The van der Waals surface area contributed by atoms with Crippen molar-refractivity contribution in [2.45, 2.75) is 44.9 Å². The van der Waals surface area contributed by atoms with Gasteiger partial charge in [-0.3, -0.25) is 9.69 Å². The number of unbranched alkanes of at least 4 members (excludes halogenated alkanes) is 1. The first kappa shape index (κ1) is 13.4. The van der Waals surface area contributed by atoms with Crippen LogP contribution in [0.3, 0.4) is 0 Å². The Hall–Kier alpha value is -0.710. The molecule has 5 heteroatoms. The molecule has 0 radical (unpaired) electrons. The maximum atomic E-state index is 12.0. The van der Waals surface area contributed by atoms with E-state index in [1.54, 1.807) is 11.8 Å². The van der Waals surface area contributed by atoms with Gasteiger partial charge in [0.1, 0.15) is 0 Å². The summed E-state index contributed by atoms with van der Waals surface area (Å²) in [5.74, 6) is -0.196. The molecule has 0 saturated carbocycles. The highest BCUT2D eigenvalue weighted by atomic mass is 32.1. The van der Waals surface area contributed by atoms with Crippen molar-refractivity contribution in [2.75, 3.05) is 13.1 Å². The van der Waals surface area contributed by atoms with Crippen molar-refractivity contribution >= 4 is 24.6 Å². The smallest absolute Gasteiger partial charge is 0.301 e. The lowest BCUT2D eigenvalue weighted by Crippen LogP contribution is -2.42.